The lowest BCUT2D eigenvalue weighted by atomic mass is 10.0. The molecular weight excluding hydrogens is 430 g/mol. The average Bonchev–Trinajstić information content (AvgIpc) is 3.15. The van der Waals surface area contributed by atoms with Crippen molar-refractivity contribution in [1.29, 1.82) is 0 Å². The Morgan fingerprint density at radius 1 is 1.00 bits per heavy atom. The van der Waals surface area contributed by atoms with Crippen LogP contribution in [0.4, 0.5) is 11.6 Å². The highest BCUT2D eigenvalue weighted by molar-refractivity contribution is 7.98. The van der Waals surface area contributed by atoms with Gasteiger partial charge < -0.3 is 15.0 Å². The van der Waals surface area contributed by atoms with E-state index >= 15 is 0 Å². The molecule has 0 spiro atoms. The van der Waals surface area contributed by atoms with Crippen molar-refractivity contribution in [3.8, 4) is 16.9 Å². The number of pyridine rings is 1. The van der Waals surface area contributed by atoms with Crippen molar-refractivity contribution in [3.63, 3.8) is 0 Å². The van der Waals surface area contributed by atoms with E-state index in [0.717, 1.165) is 54.1 Å². The quantitative estimate of drug-likeness (QED) is 0.424. The number of nitrogens with zero attached hydrogens (tertiary/aromatic N) is 4. The van der Waals surface area contributed by atoms with Gasteiger partial charge in [0.2, 0.25) is 5.95 Å². The lowest BCUT2D eigenvalue weighted by molar-refractivity contribution is 0.306. The topological polar surface area (TPSA) is 54.7 Å². The molecule has 0 saturated carbocycles. The van der Waals surface area contributed by atoms with E-state index < -0.39 is 0 Å². The highest BCUT2D eigenvalue weighted by Crippen LogP contribution is 2.32. The van der Waals surface area contributed by atoms with Crippen molar-refractivity contribution in [1.82, 2.24) is 19.5 Å². The molecule has 0 saturated heterocycles. The van der Waals surface area contributed by atoms with Gasteiger partial charge in [0.05, 0.1) is 7.11 Å². The average molecular weight is 460 g/mol. The Balaban J connectivity index is 1.39. The molecule has 1 aliphatic rings. The molecule has 0 fully saturated rings. The summed E-state index contributed by atoms with van der Waals surface area (Å²) in [4.78, 5) is 7.39. The van der Waals surface area contributed by atoms with Crippen molar-refractivity contribution in [2.24, 2.45) is 0 Å². The fraction of sp³-hybridized carbons (Fsp3) is 0.308. The smallest absolute Gasteiger partial charge is 0.247 e. The molecule has 2 aromatic heterocycles. The standard InChI is InChI=1S/C26H29N5OS/c1-32-24-8-4-3-6-22(24)23-7-5-13-31-25(23)28-26(29-31)27-21-10-9-19-11-14-30(16-17-33-2)15-12-20(19)18-21/h3-10,13,18H,11-12,14-17H2,1-2H3,(H,27,29). The molecule has 0 bridgehead atoms. The number of anilines is 2. The van der Waals surface area contributed by atoms with Gasteiger partial charge in [-0.25, -0.2) is 4.52 Å². The fourth-order valence-corrected chi connectivity index (χ4v) is 4.90. The van der Waals surface area contributed by atoms with Crippen LogP contribution in [-0.2, 0) is 12.8 Å². The van der Waals surface area contributed by atoms with E-state index in [1.165, 1.54) is 23.4 Å². The molecule has 7 heteroatoms. The largest absolute Gasteiger partial charge is 0.496 e. The van der Waals surface area contributed by atoms with E-state index in [9.17, 15) is 0 Å². The minimum absolute atomic E-state index is 0.590. The van der Waals surface area contributed by atoms with E-state index in [1.54, 1.807) is 7.11 Å². The molecule has 4 aromatic rings. The van der Waals surface area contributed by atoms with Crippen molar-refractivity contribution in [2.75, 3.05) is 44.1 Å². The van der Waals surface area contributed by atoms with Gasteiger partial charge in [-0.05, 0) is 60.6 Å². The molecule has 1 aliphatic heterocycles. The van der Waals surface area contributed by atoms with Gasteiger partial charge in [-0.3, -0.25) is 0 Å². The van der Waals surface area contributed by atoms with Crippen molar-refractivity contribution < 1.29 is 4.74 Å². The number of ether oxygens (including phenoxy) is 1. The van der Waals surface area contributed by atoms with Crippen LogP contribution in [0.1, 0.15) is 11.1 Å². The summed E-state index contributed by atoms with van der Waals surface area (Å²) in [5.41, 5.74) is 6.69. The minimum atomic E-state index is 0.590. The van der Waals surface area contributed by atoms with Gasteiger partial charge >= 0.3 is 0 Å². The second-order valence-corrected chi connectivity index (χ2v) is 9.25. The molecular formula is C26H29N5OS. The number of rotatable bonds is 7. The molecule has 0 radical (unpaired) electrons. The number of hydrogen-bond acceptors (Lipinski definition) is 6. The Bertz CT molecular complexity index is 1250. The highest BCUT2D eigenvalue weighted by atomic mass is 32.2. The number of hydrogen-bond donors (Lipinski definition) is 1. The summed E-state index contributed by atoms with van der Waals surface area (Å²) < 4.78 is 7.38. The Morgan fingerprint density at radius 2 is 1.82 bits per heavy atom. The van der Waals surface area contributed by atoms with Crippen LogP contribution < -0.4 is 10.1 Å². The normalized spacial score (nSPS) is 14.1. The van der Waals surface area contributed by atoms with Crippen LogP contribution in [0.15, 0.2) is 60.8 Å². The van der Waals surface area contributed by atoms with Crippen LogP contribution in [-0.4, -0.2) is 58.3 Å². The van der Waals surface area contributed by atoms with Crippen LogP contribution in [0, 0.1) is 0 Å². The predicted octanol–water partition coefficient (Wildman–Crippen LogP) is 4.91. The number of benzene rings is 2. The fourth-order valence-electron chi connectivity index (χ4n) is 4.46. The molecule has 0 unspecified atom stereocenters. The summed E-state index contributed by atoms with van der Waals surface area (Å²) in [5, 5.41) is 8.09. The summed E-state index contributed by atoms with van der Waals surface area (Å²) in [6.07, 6.45) is 6.29. The Hall–Kier alpha value is -3.03. The van der Waals surface area contributed by atoms with Crippen LogP contribution in [0.2, 0.25) is 0 Å². The predicted molar refractivity (Wildman–Crippen MR) is 137 cm³/mol. The molecule has 5 rings (SSSR count). The van der Waals surface area contributed by atoms with Gasteiger partial charge in [0, 0.05) is 48.4 Å². The molecule has 3 heterocycles. The highest BCUT2D eigenvalue weighted by Gasteiger charge is 2.16. The first-order valence-electron chi connectivity index (χ1n) is 11.3. The molecule has 2 aromatic carbocycles. The molecule has 0 atom stereocenters. The van der Waals surface area contributed by atoms with E-state index in [1.807, 2.05) is 52.8 Å². The second kappa shape index (κ2) is 9.85. The Morgan fingerprint density at radius 3 is 2.67 bits per heavy atom. The van der Waals surface area contributed by atoms with Crippen molar-refractivity contribution >= 4 is 29.0 Å². The molecule has 0 amide bonds. The van der Waals surface area contributed by atoms with E-state index in [4.69, 9.17) is 9.72 Å². The number of para-hydroxylation sites is 1. The van der Waals surface area contributed by atoms with E-state index in [2.05, 4.69) is 45.8 Å². The first-order valence-corrected chi connectivity index (χ1v) is 12.7. The number of nitrogens with one attached hydrogen (secondary N) is 1. The zero-order chi connectivity index (χ0) is 22.6. The van der Waals surface area contributed by atoms with Gasteiger partial charge in [0.1, 0.15) is 5.75 Å². The van der Waals surface area contributed by atoms with E-state index in [0.29, 0.717) is 5.95 Å². The molecule has 170 valence electrons. The number of aromatic nitrogens is 3. The Labute approximate surface area is 199 Å². The maximum absolute atomic E-state index is 5.57. The molecule has 33 heavy (non-hydrogen) atoms. The van der Waals surface area contributed by atoms with Gasteiger partial charge in [-0.2, -0.15) is 16.7 Å². The third-order valence-electron chi connectivity index (χ3n) is 6.23. The zero-order valence-electron chi connectivity index (χ0n) is 19.1. The third kappa shape index (κ3) is 4.70. The molecule has 0 aliphatic carbocycles. The number of fused-ring (bicyclic) bond motifs is 2. The summed E-state index contributed by atoms with van der Waals surface area (Å²) in [5.74, 6) is 2.60. The van der Waals surface area contributed by atoms with Gasteiger partial charge in [0.25, 0.3) is 0 Å². The molecule has 6 nitrogen and oxygen atoms in total. The number of methoxy groups -OCH3 is 1. The first kappa shape index (κ1) is 21.8. The van der Waals surface area contributed by atoms with Crippen molar-refractivity contribution in [3.05, 3.63) is 71.9 Å². The van der Waals surface area contributed by atoms with Crippen LogP contribution in [0.5, 0.6) is 5.75 Å². The molecule has 1 N–H and O–H groups in total. The zero-order valence-corrected chi connectivity index (χ0v) is 19.9. The SMILES string of the molecule is COc1ccccc1-c1cccn2nc(Nc3ccc4c(c3)CCN(CCSC)CC4)nc12. The third-order valence-corrected chi connectivity index (χ3v) is 6.82. The minimum Gasteiger partial charge on any atom is -0.496 e. The van der Waals surface area contributed by atoms with Gasteiger partial charge in [0.15, 0.2) is 5.65 Å². The lowest BCUT2D eigenvalue weighted by Gasteiger charge is -2.18. The monoisotopic (exact) mass is 459 g/mol. The first-order chi connectivity index (χ1) is 16.2. The van der Waals surface area contributed by atoms with Crippen LogP contribution >= 0.6 is 11.8 Å². The summed E-state index contributed by atoms with van der Waals surface area (Å²) in [6, 6.07) is 18.7. The lowest BCUT2D eigenvalue weighted by Crippen LogP contribution is -2.28. The van der Waals surface area contributed by atoms with E-state index in [-0.39, 0.29) is 0 Å². The maximum Gasteiger partial charge on any atom is 0.247 e. The Kier molecular flexibility index (Phi) is 6.51. The van der Waals surface area contributed by atoms with Crippen LogP contribution in [0.25, 0.3) is 16.8 Å². The second-order valence-electron chi connectivity index (χ2n) is 8.27. The summed E-state index contributed by atoms with van der Waals surface area (Å²) in [7, 11) is 1.69. The van der Waals surface area contributed by atoms with Gasteiger partial charge in [-0.1, -0.05) is 24.3 Å². The summed E-state index contributed by atoms with van der Waals surface area (Å²) >= 11 is 1.92. The number of thioether (sulfide) groups is 1. The maximum atomic E-state index is 5.57. The van der Waals surface area contributed by atoms with Crippen LogP contribution in [0.3, 0.4) is 0 Å². The van der Waals surface area contributed by atoms with Crippen molar-refractivity contribution in [2.45, 2.75) is 12.8 Å². The summed E-state index contributed by atoms with van der Waals surface area (Å²) in [6.45, 7) is 3.42. The van der Waals surface area contributed by atoms with Gasteiger partial charge in [-0.15, -0.1) is 5.10 Å².